The average Bonchev–Trinajstić information content (AvgIpc) is 3.14. The van der Waals surface area contributed by atoms with Gasteiger partial charge in [0.05, 0.1) is 23.2 Å². The zero-order valence-electron chi connectivity index (χ0n) is 11.7. The lowest BCUT2D eigenvalue weighted by Gasteiger charge is -2.18. The number of hydrogen-bond donors (Lipinski definition) is 1. The first-order valence-corrected chi connectivity index (χ1v) is 7.46. The van der Waals surface area contributed by atoms with E-state index in [1.807, 2.05) is 0 Å². The number of benzene rings is 1. The van der Waals surface area contributed by atoms with Gasteiger partial charge in [-0.15, -0.1) is 0 Å². The van der Waals surface area contributed by atoms with Gasteiger partial charge in [-0.1, -0.05) is 23.7 Å². The molecule has 2 aliphatic rings. The minimum Gasteiger partial charge on any atom is -0.344 e. The highest BCUT2D eigenvalue weighted by Gasteiger charge is 2.54. The minimum atomic E-state index is -1.82. The van der Waals surface area contributed by atoms with Crippen LogP contribution in [-0.2, 0) is 4.79 Å². The van der Waals surface area contributed by atoms with Crippen LogP contribution in [0.3, 0.4) is 0 Å². The number of halogens is 3. The van der Waals surface area contributed by atoms with E-state index in [1.165, 1.54) is 6.07 Å². The van der Waals surface area contributed by atoms with Crippen LogP contribution in [0.2, 0.25) is 5.02 Å². The van der Waals surface area contributed by atoms with E-state index in [0.717, 1.165) is 4.90 Å². The van der Waals surface area contributed by atoms with E-state index in [4.69, 9.17) is 11.6 Å². The number of rotatable bonds is 3. The van der Waals surface area contributed by atoms with Crippen molar-refractivity contribution >= 4 is 23.4 Å². The first-order chi connectivity index (χ1) is 10.4. The van der Waals surface area contributed by atoms with Gasteiger partial charge in [0.25, 0.3) is 11.8 Å². The van der Waals surface area contributed by atoms with Gasteiger partial charge >= 0.3 is 0 Å². The lowest BCUT2D eigenvalue weighted by atomic mass is 10.1. The summed E-state index contributed by atoms with van der Waals surface area (Å²) in [7, 11) is 0. The molecule has 0 spiro atoms. The van der Waals surface area contributed by atoms with Gasteiger partial charge in [-0.25, -0.2) is 8.78 Å². The third-order valence-corrected chi connectivity index (χ3v) is 4.37. The third kappa shape index (κ3) is 2.79. The number of amides is 2. The SMILES string of the molecule is O=C(N[C@@H]1CN(C(=O)C2(F)CC2)C[C@@H]1F)c1ccccc1Cl. The Morgan fingerprint density at radius 1 is 1.27 bits per heavy atom. The average molecular weight is 329 g/mol. The summed E-state index contributed by atoms with van der Waals surface area (Å²) in [6.45, 7) is -0.222. The molecule has 1 aromatic carbocycles. The first-order valence-electron chi connectivity index (χ1n) is 7.08. The Hall–Kier alpha value is -1.69. The number of likely N-dealkylation sites (tertiary alicyclic amines) is 1. The highest BCUT2D eigenvalue weighted by Crippen LogP contribution is 2.42. The lowest BCUT2D eigenvalue weighted by molar-refractivity contribution is -0.137. The molecule has 1 aliphatic heterocycles. The van der Waals surface area contributed by atoms with Crippen LogP contribution in [-0.4, -0.2) is 47.7 Å². The largest absolute Gasteiger partial charge is 0.344 e. The molecule has 1 N–H and O–H groups in total. The van der Waals surface area contributed by atoms with Crippen LogP contribution in [0.1, 0.15) is 23.2 Å². The van der Waals surface area contributed by atoms with Crippen LogP contribution < -0.4 is 5.32 Å². The zero-order chi connectivity index (χ0) is 15.9. The quantitative estimate of drug-likeness (QED) is 0.924. The van der Waals surface area contributed by atoms with Crippen molar-refractivity contribution in [2.75, 3.05) is 13.1 Å². The molecular formula is C15H15ClF2N2O2. The van der Waals surface area contributed by atoms with Crippen molar-refractivity contribution in [3.8, 4) is 0 Å². The van der Waals surface area contributed by atoms with Crippen molar-refractivity contribution in [3.63, 3.8) is 0 Å². The van der Waals surface area contributed by atoms with E-state index >= 15 is 0 Å². The Labute approximate surface area is 131 Å². The first kappa shape index (κ1) is 15.2. The monoisotopic (exact) mass is 328 g/mol. The Balaban J connectivity index is 1.65. The Morgan fingerprint density at radius 3 is 2.59 bits per heavy atom. The number of hydrogen-bond acceptors (Lipinski definition) is 2. The number of alkyl halides is 2. The van der Waals surface area contributed by atoms with Gasteiger partial charge in [0.15, 0.2) is 5.67 Å². The predicted molar refractivity (Wildman–Crippen MR) is 77.3 cm³/mol. The van der Waals surface area contributed by atoms with Crippen molar-refractivity contribution in [2.45, 2.75) is 30.7 Å². The molecule has 2 amide bonds. The fraction of sp³-hybridized carbons (Fsp3) is 0.467. The smallest absolute Gasteiger partial charge is 0.260 e. The van der Waals surface area contributed by atoms with E-state index in [1.54, 1.807) is 18.2 Å². The van der Waals surface area contributed by atoms with Gasteiger partial charge in [-0.05, 0) is 25.0 Å². The van der Waals surface area contributed by atoms with Crippen LogP contribution in [0.5, 0.6) is 0 Å². The third-order valence-electron chi connectivity index (χ3n) is 4.04. The fourth-order valence-electron chi connectivity index (χ4n) is 2.56. The van der Waals surface area contributed by atoms with Crippen molar-refractivity contribution in [3.05, 3.63) is 34.9 Å². The molecule has 1 heterocycles. The van der Waals surface area contributed by atoms with Gasteiger partial charge < -0.3 is 10.2 Å². The summed E-state index contributed by atoms with van der Waals surface area (Å²) in [5.41, 5.74) is -1.58. The van der Waals surface area contributed by atoms with Crippen LogP contribution in [0.4, 0.5) is 8.78 Å². The van der Waals surface area contributed by atoms with E-state index < -0.39 is 29.7 Å². The zero-order valence-corrected chi connectivity index (χ0v) is 12.4. The molecule has 22 heavy (non-hydrogen) atoms. The second kappa shape index (κ2) is 5.50. The highest BCUT2D eigenvalue weighted by molar-refractivity contribution is 6.33. The summed E-state index contributed by atoms with van der Waals surface area (Å²) < 4.78 is 27.8. The van der Waals surface area contributed by atoms with Crippen molar-refractivity contribution < 1.29 is 18.4 Å². The molecule has 1 aromatic rings. The van der Waals surface area contributed by atoms with Gasteiger partial charge in [0.2, 0.25) is 0 Å². The molecule has 1 saturated carbocycles. The van der Waals surface area contributed by atoms with Crippen molar-refractivity contribution in [1.82, 2.24) is 10.2 Å². The fourth-order valence-corrected chi connectivity index (χ4v) is 2.79. The van der Waals surface area contributed by atoms with Crippen LogP contribution in [0.25, 0.3) is 0 Å². The molecule has 3 rings (SSSR count). The number of carbonyl (C=O) groups excluding carboxylic acids is 2. The van der Waals surface area contributed by atoms with Crippen molar-refractivity contribution in [1.29, 1.82) is 0 Å². The van der Waals surface area contributed by atoms with Crippen molar-refractivity contribution in [2.24, 2.45) is 0 Å². The van der Waals surface area contributed by atoms with Gasteiger partial charge in [0.1, 0.15) is 6.17 Å². The normalized spacial score (nSPS) is 25.9. The maximum Gasteiger partial charge on any atom is 0.260 e. The summed E-state index contributed by atoms with van der Waals surface area (Å²) in [6, 6.07) is 5.58. The summed E-state index contributed by atoms with van der Waals surface area (Å²) in [5.74, 6) is -1.18. The second-order valence-corrected chi connectivity index (χ2v) is 6.16. The molecule has 7 heteroatoms. The van der Waals surface area contributed by atoms with E-state index in [2.05, 4.69) is 5.32 Å². The molecule has 4 nitrogen and oxygen atoms in total. The molecule has 2 atom stereocenters. The summed E-state index contributed by atoms with van der Waals surface area (Å²) in [6.07, 6.45) is -1.04. The summed E-state index contributed by atoms with van der Waals surface area (Å²) in [4.78, 5) is 25.1. The van der Waals surface area contributed by atoms with E-state index in [-0.39, 0.29) is 36.5 Å². The highest BCUT2D eigenvalue weighted by atomic mass is 35.5. The number of carbonyl (C=O) groups is 2. The minimum absolute atomic E-state index is 0.0259. The molecule has 0 unspecified atom stereocenters. The molecule has 0 bridgehead atoms. The lowest BCUT2D eigenvalue weighted by Crippen LogP contribution is -2.42. The van der Waals surface area contributed by atoms with Gasteiger partial charge in [-0.3, -0.25) is 9.59 Å². The van der Waals surface area contributed by atoms with Gasteiger partial charge in [0, 0.05) is 6.54 Å². The summed E-state index contributed by atoms with van der Waals surface area (Å²) >= 11 is 5.92. The van der Waals surface area contributed by atoms with Crippen LogP contribution >= 0.6 is 11.6 Å². The van der Waals surface area contributed by atoms with Gasteiger partial charge in [-0.2, -0.15) is 0 Å². The van der Waals surface area contributed by atoms with Crippen LogP contribution in [0, 0.1) is 0 Å². The molecule has 2 fully saturated rings. The van der Waals surface area contributed by atoms with E-state index in [9.17, 15) is 18.4 Å². The topological polar surface area (TPSA) is 49.4 Å². The molecule has 0 radical (unpaired) electrons. The molecule has 0 aromatic heterocycles. The Morgan fingerprint density at radius 2 is 1.95 bits per heavy atom. The summed E-state index contributed by atoms with van der Waals surface area (Å²) in [5, 5.41) is 2.79. The molecular weight excluding hydrogens is 314 g/mol. The molecule has 118 valence electrons. The molecule has 1 saturated heterocycles. The standard InChI is InChI=1S/C15H15ClF2N2O2/c16-10-4-2-1-3-9(10)13(21)19-12-8-20(7-11(12)17)14(22)15(18)5-6-15/h1-4,11-12H,5-8H2,(H,19,21)/t11-,12+/m0/s1. The molecule has 1 aliphatic carbocycles. The van der Waals surface area contributed by atoms with Crippen LogP contribution in [0.15, 0.2) is 24.3 Å². The maximum atomic E-state index is 14.0. The number of nitrogens with zero attached hydrogens (tertiary/aromatic N) is 1. The predicted octanol–water partition coefficient (Wildman–Crippen LogP) is 2.12. The Kier molecular flexibility index (Phi) is 3.80. The second-order valence-electron chi connectivity index (χ2n) is 5.75. The Bertz CT molecular complexity index is 621. The van der Waals surface area contributed by atoms with E-state index in [0.29, 0.717) is 0 Å². The maximum absolute atomic E-state index is 14.0. The number of nitrogens with one attached hydrogen (secondary N) is 1.